The molecule has 0 saturated carbocycles. The Morgan fingerprint density at radius 3 is 2.73 bits per heavy atom. The van der Waals surface area contributed by atoms with Crippen molar-refractivity contribution in [2.75, 3.05) is 6.26 Å². The van der Waals surface area contributed by atoms with Gasteiger partial charge in [-0.3, -0.25) is 0 Å². The highest BCUT2D eigenvalue weighted by Crippen LogP contribution is 2.32. The summed E-state index contributed by atoms with van der Waals surface area (Å²) in [5.74, 6) is 0.359. The third-order valence-electron chi connectivity index (χ3n) is 2.61. The van der Waals surface area contributed by atoms with Gasteiger partial charge in [0.2, 0.25) is 0 Å². The van der Waals surface area contributed by atoms with Crippen LogP contribution in [-0.2, 0) is 6.42 Å². The zero-order chi connectivity index (χ0) is 10.8. The zero-order valence-electron chi connectivity index (χ0n) is 8.95. The molecule has 2 rings (SSSR count). The molecule has 0 heterocycles. The largest absolute Gasteiger partial charge is 0.508 e. The Morgan fingerprint density at radius 1 is 1.27 bits per heavy atom. The molecule has 15 heavy (non-hydrogen) atoms. The van der Waals surface area contributed by atoms with Crippen molar-refractivity contribution < 1.29 is 5.11 Å². The molecular formula is C13H14OS. The van der Waals surface area contributed by atoms with Crippen LogP contribution in [0.2, 0.25) is 0 Å². The summed E-state index contributed by atoms with van der Waals surface area (Å²) in [4.78, 5) is 1.28. The second-order valence-electron chi connectivity index (χ2n) is 3.52. The first-order valence-corrected chi connectivity index (χ1v) is 6.27. The summed E-state index contributed by atoms with van der Waals surface area (Å²) in [6, 6.07) is 9.90. The summed E-state index contributed by atoms with van der Waals surface area (Å²) in [5.41, 5.74) is 1.22. The monoisotopic (exact) mass is 218 g/mol. The molecule has 2 aromatic carbocycles. The van der Waals surface area contributed by atoms with E-state index in [1.807, 2.05) is 24.3 Å². The van der Waals surface area contributed by atoms with Crippen LogP contribution in [0.1, 0.15) is 12.5 Å². The zero-order valence-corrected chi connectivity index (χ0v) is 9.77. The highest BCUT2D eigenvalue weighted by Gasteiger charge is 2.06. The molecule has 0 bridgehead atoms. The molecule has 0 aliphatic carbocycles. The van der Waals surface area contributed by atoms with Crippen LogP contribution >= 0.6 is 11.8 Å². The summed E-state index contributed by atoms with van der Waals surface area (Å²) in [6.07, 6.45) is 3.03. The van der Waals surface area contributed by atoms with Gasteiger partial charge in [-0.15, -0.1) is 11.8 Å². The van der Waals surface area contributed by atoms with Crippen LogP contribution in [0.4, 0.5) is 0 Å². The van der Waals surface area contributed by atoms with E-state index in [2.05, 4.69) is 19.2 Å². The van der Waals surface area contributed by atoms with Crippen molar-refractivity contribution in [2.45, 2.75) is 18.2 Å². The Bertz CT molecular complexity index is 491. The van der Waals surface area contributed by atoms with Gasteiger partial charge in [0, 0.05) is 4.90 Å². The number of aromatic hydroxyl groups is 1. The topological polar surface area (TPSA) is 20.2 Å². The first kappa shape index (κ1) is 10.4. The van der Waals surface area contributed by atoms with Crippen LogP contribution in [0.25, 0.3) is 10.8 Å². The molecule has 0 saturated heterocycles. The molecule has 0 unspecified atom stereocenters. The van der Waals surface area contributed by atoms with Gasteiger partial charge in [0.05, 0.1) is 0 Å². The maximum atomic E-state index is 9.60. The average Bonchev–Trinajstić information content (AvgIpc) is 2.26. The highest BCUT2D eigenvalue weighted by molar-refractivity contribution is 7.98. The van der Waals surface area contributed by atoms with Crippen LogP contribution in [0.15, 0.2) is 35.2 Å². The lowest BCUT2D eigenvalue weighted by atomic mass is 10.0. The van der Waals surface area contributed by atoms with E-state index in [1.165, 1.54) is 15.8 Å². The van der Waals surface area contributed by atoms with Crippen LogP contribution < -0.4 is 0 Å². The minimum Gasteiger partial charge on any atom is -0.508 e. The number of phenols is 1. The smallest absolute Gasteiger partial charge is 0.116 e. The molecular weight excluding hydrogens is 204 g/mol. The van der Waals surface area contributed by atoms with Crippen LogP contribution in [-0.4, -0.2) is 11.4 Å². The highest BCUT2D eigenvalue weighted by atomic mass is 32.2. The lowest BCUT2D eigenvalue weighted by Crippen LogP contribution is -1.86. The second-order valence-corrected chi connectivity index (χ2v) is 4.36. The van der Waals surface area contributed by atoms with Crippen molar-refractivity contribution in [3.63, 3.8) is 0 Å². The number of thioether (sulfide) groups is 1. The van der Waals surface area contributed by atoms with E-state index in [4.69, 9.17) is 0 Å². The van der Waals surface area contributed by atoms with Gasteiger partial charge in [0.1, 0.15) is 5.75 Å². The fourth-order valence-corrected chi connectivity index (χ4v) is 2.58. The second kappa shape index (κ2) is 4.15. The summed E-state index contributed by atoms with van der Waals surface area (Å²) >= 11 is 1.75. The molecule has 0 spiro atoms. The van der Waals surface area contributed by atoms with Gasteiger partial charge < -0.3 is 5.11 Å². The lowest BCUT2D eigenvalue weighted by molar-refractivity contribution is 0.475. The minimum atomic E-state index is 0.359. The van der Waals surface area contributed by atoms with E-state index in [-0.39, 0.29) is 0 Å². The summed E-state index contributed by atoms with van der Waals surface area (Å²) < 4.78 is 0. The number of hydrogen-bond acceptors (Lipinski definition) is 2. The van der Waals surface area contributed by atoms with Gasteiger partial charge >= 0.3 is 0 Å². The lowest BCUT2D eigenvalue weighted by Gasteiger charge is -2.09. The SMILES string of the molecule is CCc1cc(O)cc2cccc(SC)c12. The molecule has 1 N–H and O–H groups in total. The van der Waals surface area contributed by atoms with Gasteiger partial charge in [0.15, 0.2) is 0 Å². The molecule has 78 valence electrons. The van der Waals surface area contributed by atoms with Crippen molar-refractivity contribution in [2.24, 2.45) is 0 Å². The fourth-order valence-electron chi connectivity index (χ4n) is 1.91. The summed E-state index contributed by atoms with van der Waals surface area (Å²) in [5, 5.41) is 12.0. The third-order valence-corrected chi connectivity index (χ3v) is 3.39. The molecule has 0 fully saturated rings. The number of hydrogen-bond donors (Lipinski definition) is 1. The van der Waals surface area contributed by atoms with E-state index < -0.39 is 0 Å². The maximum absolute atomic E-state index is 9.60. The Kier molecular flexibility index (Phi) is 2.87. The Balaban J connectivity index is 2.84. The number of rotatable bonds is 2. The van der Waals surface area contributed by atoms with Gasteiger partial charge in [0.25, 0.3) is 0 Å². The van der Waals surface area contributed by atoms with Crippen molar-refractivity contribution >= 4 is 22.5 Å². The number of phenolic OH excluding ortho intramolecular Hbond substituents is 1. The number of aryl methyl sites for hydroxylation is 1. The van der Waals surface area contributed by atoms with Crippen molar-refractivity contribution in [3.8, 4) is 5.75 Å². The predicted molar refractivity (Wildman–Crippen MR) is 66.8 cm³/mol. The van der Waals surface area contributed by atoms with Gasteiger partial charge in [-0.05, 0) is 47.2 Å². The van der Waals surface area contributed by atoms with Gasteiger partial charge in [-0.2, -0.15) is 0 Å². The Hall–Kier alpha value is -1.15. The molecule has 0 aliphatic rings. The quantitative estimate of drug-likeness (QED) is 0.773. The average molecular weight is 218 g/mol. The minimum absolute atomic E-state index is 0.359. The molecule has 0 radical (unpaired) electrons. The molecule has 0 aromatic heterocycles. The van der Waals surface area contributed by atoms with E-state index in [0.717, 1.165) is 11.8 Å². The van der Waals surface area contributed by atoms with Crippen LogP contribution in [0, 0.1) is 0 Å². The Morgan fingerprint density at radius 2 is 2.07 bits per heavy atom. The summed E-state index contributed by atoms with van der Waals surface area (Å²) in [7, 11) is 0. The fraction of sp³-hybridized carbons (Fsp3) is 0.231. The predicted octanol–water partition coefficient (Wildman–Crippen LogP) is 3.83. The molecule has 0 atom stereocenters. The van der Waals surface area contributed by atoms with Crippen molar-refractivity contribution in [3.05, 3.63) is 35.9 Å². The normalized spacial score (nSPS) is 10.8. The van der Waals surface area contributed by atoms with E-state index in [0.29, 0.717) is 5.75 Å². The standard InChI is InChI=1S/C13H14OS/c1-3-9-7-11(14)8-10-5-4-6-12(15-2)13(9)10/h4-8,14H,3H2,1-2H3. The number of benzene rings is 2. The van der Waals surface area contributed by atoms with Crippen molar-refractivity contribution in [1.29, 1.82) is 0 Å². The van der Waals surface area contributed by atoms with Gasteiger partial charge in [-0.25, -0.2) is 0 Å². The molecule has 2 aromatic rings. The van der Waals surface area contributed by atoms with E-state index in [9.17, 15) is 5.11 Å². The van der Waals surface area contributed by atoms with Gasteiger partial charge in [-0.1, -0.05) is 19.1 Å². The molecule has 0 aliphatic heterocycles. The van der Waals surface area contributed by atoms with Crippen LogP contribution in [0.5, 0.6) is 5.75 Å². The first-order chi connectivity index (χ1) is 7.26. The van der Waals surface area contributed by atoms with Crippen LogP contribution in [0.3, 0.4) is 0 Å². The number of fused-ring (bicyclic) bond motifs is 1. The third kappa shape index (κ3) is 1.82. The first-order valence-electron chi connectivity index (χ1n) is 5.05. The summed E-state index contributed by atoms with van der Waals surface area (Å²) in [6.45, 7) is 2.12. The maximum Gasteiger partial charge on any atom is 0.116 e. The molecule has 2 heteroatoms. The van der Waals surface area contributed by atoms with Crippen molar-refractivity contribution in [1.82, 2.24) is 0 Å². The van der Waals surface area contributed by atoms with E-state index >= 15 is 0 Å². The molecule has 0 amide bonds. The Labute approximate surface area is 94.1 Å². The van der Waals surface area contributed by atoms with E-state index in [1.54, 1.807) is 11.8 Å². The molecule has 1 nitrogen and oxygen atoms in total.